The summed E-state index contributed by atoms with van der Waals surface area (Å²) in [6.45, 7) is 3.03. The molecule has 80 valence electrons. The van der Waals surface area contributed by atoms with E-state index in [1.807, 2.05) is 0 Å². The first-order valence-electron chi connectivity index (χ1n) is 4.42. The van der Waals surface area contributed by atoms with Crippen LogP contribution in [0.3, 0.4) is 0 Å². The molecule has 1 aromatic rings. The summed E-state index contributed by atoms with van der Waals surface area (Å²) in [6, 6.07) is 5.92. The fourth-order valence-corrected chi connectivity index (χ4v) is 1.18. The van der Waals surface area contributed by atoms with Crippen molar-refractivity contribution in [3.05, 3.63) is 39.9 Å². The zero-order chi connectivity index (χ0) is 11.4. The number of hydrogen-bond donors (Lipinski definition) is 0. The Kier molecular flexibility index (Phi) is 3.38. The molecule has 0 N–H and O–H groups in total. The van der Waals surface area contributed by atoms with Crippen molar-refractivity contribution in [2.24, 2.45) is 0 Å². The van der Waals surface area contributed by atoms with Gasteiger partial charge in [-0.15, -0.1) is 0 Å². The molecule has 0 radical (unpaired) electrons. The molecule has 1 aromatic carbocycles. The van der Waals surface area contributed by atoms with Crippen molar-refractivity contribution in [1.29, 1.82) is 0 Å². The Morgan fingerprint density at radius 1 is 1.40 bits per heavy atom. The van der Waals surface area contributed by atoms with Crippen molar-refractivity contribution in [1.82, 2.24) is 0 Å². The van der Waals surface area contributed by atoms with Gasteiger partial charge in [0, 0.05) is 19.1 Å². The molecule has 5 nitrogen and oxygen atoms in total. The molecule has 1 atom stereocenters. The quantitative estimate of drug-likeness (QED) is 0.434. The SMILES string of the molecule is CC(=O)OC(C)c1ccc([N+](=O)[O-])cc1. The highest BCUT2D eigenvalue weighted by Gasteiger charge is 2.10. The van der Waals surface area contributed by atoms with Gasteiger partial charge in [-0.1, -0.05) is 0 Å². The molecule has 0 fully saturated rings. The summed E-state index contributed by atoms with van der Waals surface area (Å²) in [7, 11) is 0. The van der Waals surface area contributed by atoms with Gasteiger partial charge in [0.15, 0.2) is 0 Å². The van der Waals surface area contributed by atoms with Gasteiger partial charge in [-0.3, -0.25) is 14.9 Å². The van der Waals surface area contributed by atoms with Crippen LogP contribution in [0.5, 0.6) is 0 Å². The zero-order valence-electron chi connectivity index (χ0n) is 8.47. The van der Waals surface area contributed by atoms with E-state index in [-0.39, 0.29) is 17.8 Å². The van der Waals surface area contributed by atoms with Crippen LogP contribution in [0.1, 0.15) is 25.5 Å². The molecule has 0 aliphatic heterocycles. The van der Waals surface area contributed by atoms with E-state index in [4.69, 9.17) is 4.74 Å². The third-order valence-corrected chi connectivity index (χ3v) is 1.92. The number of hydrogen-bond acceptors (Lipinski definition) is 4. The highest BCUT2D eigenvalue weighted by atomic mass is 16.6. The summed E-state index contributed by atoms with van der Waals surface area (Å²) in [4.78, 5) is 20.6. The van der Waals surface area contributed by atoms with E-state index >= 15 is 0 Å². The van der Waals surface area contributed by atoms with Crippen molar-refractivity contribution in [3.63, 3.8) is 0 Å². The Hall–Kier alpha value is -1.91. The molecule has 15 heavy (non-hydrogen) atoms. The molecule has 0 bridgehead atoms. The van der Waals surface area contributed by atoms with Crippen LogP contribution in [0.15, 0.2) is 24.3 Å². The lowest BCUT2D eigenvalue weighted by atomic mass is 10.1. The number of carbonyl (C=O) groups excluding carboxylic acids is 1. The van der Waals surface area contributed by atoms with Crippen molar-refractivity contribution in [3.8, 4) is 0 Å². The number of nitro groups is 1. The van der Waals surface area contributed by atoms with Crippen LogP contribution in [-0.4, -0.2) is 10.9 Å². The molecule has 0 saturated heterocycles. The Balaban J connectivity index is 2.79. The smallest absolute Gasteiger partial charge is 0.303 e. The number of carbonyl (C=O) groups is 1. The van der Waals surface area contributed by atoms with Crippen LogP contribution in [0.25, 0.3) is 0 Å². The maximum Gasteiger partial charge on any atom is 0.303 e. The molecule has 0 aliphatic carbocycles. The summed E-state index contributed by atoms with van der Waals surface area (Å²) >= 11 is 0. The van der Waals surface area contributed by atoms with Gasteiger partial charge >= 0.3 is 5.97 Å². The van der Waals surface area contributed by atoms with Crippen LogP contribution in [0.4, 0.5) is 5.69 Å². The van der Waals surface area contributed by atoms with E-state index in [0.29, 0.717) is 0 Å². The zero-order valence-corrected chi connectivity index (χ0v) is 8.47. The predicted molar refractivity (Wildman–Crippen MR) is 53.3 cm³/mol. The number of esters is 1. The predicted octanol–water partition coefficient (Wildman–Crippen LogP) is 2.22. The minimum absolute atomic E-state index is 0.0220. The number of nitro benzene ring substituents is 1. The lowest BCUT2D eigenvalue weighted by Crippen LogP contribution is -2.04. The van der Waals surface area contributed by atoms with Crippen molar-refractivity contribution < 1.29 is 14.5 Å². The summed E-state index contributed by atoms with van der Waals surface area (Å²) < 4.78 is 4.93. The minimum atomic E-state index is -0.472. The highest BCUT2D eigenvalue weighted by molar-refractivity contribution is 5.66. The molecule has 0 aromatic heterocycles. The number of rotatable bonds is 3. The van der Waals surface area contributed by atoms with E-state index in [1.54, 1.807) is 19.1 Å². The molecule has 0 spiro atoms. The van der Waals surface area contributed by atoms with Crippen molar-refractivity contribution in [2.75, 3.05) is 0 Å². The fourth-order valence-electron chi connectivity index (χ4n) is 1.18. The van der Waals surface area contributed by atoms with Crippen LogP contribution in [0, 0.1) is 10.1 Å². The second kappa shape index (κ2) is 4.54. The maximum absolute atomic E-state index is 10.7. The summed E-state index contributed by atoms with van der Waals surface area (Å²) in [6.07, 6.45) is -0.386. The first-order chi connectivity index (χ1) is 7.00. The Morgan fingerprint density at radius 3 is 2.33 bits per heavy atom. The van der Waals surface area contributed by atoms with E-state index in [1.165, 1.54) is 19.1 Å². The van der Waals surface area contributed by atoms with Gasteiger partial charge < -0.3 is 4.74 Å². The number of ether oxygens (including phenoxy) is 1. The van der Waals surface area contributed by atoms with Gasteiger partial charge in [-0.2, -0.15) is 0 Å². The molecule has 1 rings (SSSR count). The lowest BCUT2D eigenvalue weighted by Gasteiger charge is -2.11. The molecule has 0 aliphatic rings. The topological polar surface area (TPSA) is 69.4 Å². The van der Waals surface area contributed by atoms with E-state index in [2.05, 4.69) is 0 Å². The molecule has 5 heteroatoms. The van der Waals surface area contributed by atoms with Crippen LogP contribution in [0.2, 0.25) is 0 Å². The van der Waals surface area contributed by atoms with Crippen LogP contribution >= 0.6 is 0 Å². The van der Waals surface area contributed by atoms with Crippen molar-refractivity contribution >= 4 is 11.7 Å². The summed E-state index contributed by atoms with van der Waals surface area (Å²) in [5, 5.41) is 10.4. The first-order valence-corrected chi connectivity index (χ1v) is 4.42. The molecule has 0 amide bonds. The standard InChI is InChI=1S/C10H11NO4/c1-7(15-8(2)12)9-3-5-10(6-4-9)11(13)14/h3-7H,1-2H3. The molecular weight excluding hydrogens is 198 g/mol. The van der Waals surface area contributed by atoms with Gasteiger partial charge in [0.05, 0.1) is 4.92 Å². The van der Waals surface area contributed by atoms with Gasteiger partial charge in [0.25, 0.3) is 5.69 Å². The van der Waals surface area contributed by atoms with Gasteiger partial charge in [0.2, 0.25) is 0 Å². The molecule has 0 saturated carbocycles. The first kappa shape index (κ1) is 11.2. The third-order valence-electron chi connectivity index (χ3n) is 1.92. The van der Waals surface area contributed by atoms with Crippen LogP contribution in [-0.2, 0) is 9.53 Å². The Labute approximate surface area is 86.8 Å². The Morgan fingerprint density at radius 2 is 1.93 bits per heavy atom. The summed E-state index contributed by atoms with van der Waals surface area (Å²) in [5.74, 6) is -0.374. The largest absolute Gasteiger partial charge is 0.458 e. The second-order valence-electron chi connectivity index (χ2n) is 3.10. The Bertz CT molecular complexity index is 372. The number of nitrogens with zero attached hydrogens (tertiary/aromatic N) is 1. The highest BCUT2D eigenvalue weighted by Crippen LogP contribution is 2.20. The lowest BCUT2D eigenvalue weighted by molar-refractivity contribution is -0.384. The van der Waals surface area contributed by atoms with Gasteiger partial charge in [-0.05, 0) is 24.6 Å². The van der Waals surface area contributed by atoms with E-state index < -0.39 is 4.92 Å². The maximum atomic E-state index is 10.7. The second-order valence-corrected chi connectivity index (χ2v) is 3.10. The third kappa shape index (κ3) is 3.05. The van der Waals surface area contributed by atoms with Gasteiger partial charge in [0.1, 0.15) is 6.10 Å². The van der Waals surface area contributed by atoms with Gasteiger partial charge in [-0.25, -0.2) is 0 Å². The fraction of sp³-hybridized carbons (Fsp3) is 0.300. The van der Waals surface area contributed by atoms with E-state index in [9.17, 15) is 14.9 Å². The molecule has 1 unspecified atom stereocenters. The minimum Gasteiger partial charge on any atom is -0.458 e. The van der Waals surface area contributed by atoms with E-state index in [0.717, 1.165) is 5.56 Å². The number of benzene rings is 1. The molecular formula is C10H11NO4. The average Bonchev–Trinajstić information content (AvgIpc) is 2.17. The number of non-ortho nitro benzene ring substituents is 1. The molecule has 0 heterocycles. The monoisotopic (exact) mass is 209 g/mol. The van der Waals surface area contributed by atoms with Crippen LogP contribution < -0.4 is 0 Å². The van der Waals surface area contributed by atoms with Crippen molar-refractivity contribution in [2.45, 2.75) is 20.0 Å². The normalized spacial score (nSPS) is 11.9. The summed E-state index contributed by atoms with van der Waals surface area (Å²) in [5.41, 5.74) is 0.754. The average molecular weight is 209 g/mol.